The van der Waals surface area contributed by atoms with Crippen molar-refractivity contribution in [1.29, 1.82) is 0 Å². The number of ketones is 1. The van der Waals surface area contributed by atoms with Crippen LogP contribution in [-0.2, 0) is 14.3 Å². The number of amides is 1. The summed E-state index contributed by atoms with van der Waals surface area (Å²) in [6.07, 6.45) is 4.63. The molecule has 0 aromatic heterocycles. The lowest BCUT2D eigenvalue weighted by Crippen LogP contribution is -2.47. The van der Waals surface area contributed by atoms with Crippen molar-refractivity contribution in [3.8, 4) is 0 Å². The molecule has 1 amide bonds. The van der Waals surface area contributed by atoms with Crippen LogP contribution in [0, 0.1) is 11.3 Å². The second-order valence-corrected chi connectivity index (χ2v) is 4.62. The molecule has 1 atom stereocenters. The second kappa shape index (κ2) is 3.93. The van der Waals surface area contributed by atoms with E-state index in [9.17, 15) is 9.59 Å². The van der Waals surface area contributed by atoms with Gasteiger partial charge in [-0.15, -0.1) is 0 Å². The Morgan fingerprint density at radius 3 is 2.47 bits per heavy atom. The minimum Gasteiger partial charge on any atom is -0.373 e. The third-order valence-electron chi connectivity index (χ3n) is 3.82. The highest BCUT2D eigenvalue weighted by Crippen LogP contribution is 2.44. The zero-order valence-corrected chi connectivity index (χ0v) is 8.83. The lowest BCUT2D eigenvalue weighted by molar-refractivity contribution is -0.139. The van der Waals surface area contributed by atoms with Crippen LogP contribution in [-0.4, -0.2) is 24.9 Å². The van der Waals surface area contributed by atoms with Gasteiger partial charge in [0.1, 0.15) is 6.61 Å². The first-order valence-electron chi connectivity index (χ1n) is 5.57. The summed E-state index contributed by atoms with van der Waals surface area (Å²) in [5.74, 6) is -0.544. The molecule has 0 aromatic carbocycles. The van der Waals surface area contributed by atoms with Crippen LogP contribution < -0.4 is 5.73 Å². The molecule has 0 spiro atoms. The maximum atomic E-state index is 11.7. The van der Waals surface area contributed by atoms with E-state index in [0.717, 1.165) is 32.1 Å². The quantitative estimate of drug-likeness (QED) is 0.728. The molecule has 0 aromatic rings. The first kappa shape index (κ1) is 10.6. The predicted molar refractivity (Wildman–Crippen MR) is 54.0 cm³/mol. The number of rotatable bonds is 2. The van der Waals surface area contributed by atoms with Crippen molar-refractivity contribution < 1.29 is 14.3 Å². The van der Waals surface area contributed by atoms with Gasteiger partial charge < -0.3 is 10.5 Å². The highest BCUT2D eigenvalue weighted by Gasteiger charge is 2.49. The maximum absolute atomic E-state index is 11.7. The van der Waals surface area contributed by atoms with Crippen molar-refractivity contribution in [2.24, 2.45) is 17.1 Å². The van der Waals surface area contributed by atoms with Crippen molar-refractivity contribution in [3.05, 3.63) is 0 Å². The van der Waals surface area contributed by atoms with Crippen molar-refractivity contribution in [2.45, 2.75) is 32.1 Å². The van der Waals surface area contributed by atoms with Crippen molar-refractivity contribution in [3.63, 3.8) is 0 Å². The van der Waals surface area contributed by atoms with Gasteiger partial charge in [0.05, 0.1) is 17.9 Å². The third kappa shape index (κ3) is 1.67. The predicted octanol–water partition coefficient (Wildman–Crippen LogP) is 0.638. The van der Waals surface area contributed by atoms with Gasteiger partial charge >= 0.3 is 0 Å². The summed E-state index contributed by atoms with van der Waals surface area (Å²) < 4.78 is 5.14. The summed E-state index contributed by atoms with van der Waals surface area (Å²) in [5, 5.41) is 0. The van der Waals surface area contributed by atoms with Gasteiger partial charge in [0.2, 0.25) is 5.91 Å². The molecule has 0 unspecified atom stereocenters. The van der Waals surface area contributed by atoms with Gasteiger partial charge in [-0.1, -0.05) is 19.3 Å². The van der Waals surface area contributed by atoms with Crippen LogP contribution in [0.3, 0.4) is 0 Å². The maximum Gasteiger partial charge on any atom is 0.224 e. The Bertz CT molecular complexity index is 282. The molecule has 0 radical (unpaired) electrons. The molecule has 84 valence electrons. The van der Waals surface area contributed by atoms with E-state index < -0.39 is 5.41 Å². The van der Waals surface area contributed by atoms with Crippen molar-refractivity contribution in [2.75, 3.05) is 13.2 Å². The van der Waals surface area contributed by atoms with E-state index in [-0.39, 0.29) is 24.2 Å². The fraction of sp³-hybridized carbons (Fsp3) is 0.818. The van der Waals surface area contributed by atoms with E-state index >= 15 is 0 Å². The van der Waals surface area contributed by atoms with E-state index in [0.29, 0.717) is 6.61 Å². The fourth-order valence-corrected chi connectivity index (χ4v) is 2.89. The summed E-state index contributed by atoms with van der Waals surface area (Å²) in [6, 6.07) is 0. The first-order valence-corrected chi connectivity index (χ1v) is 5.57. The highest BCUT2D eigenvalue weighted by molar-refractivity contribution is 5.92. The third-order valence-corrected chi connectivity index (χ3v) is 3.82. The molecule has 2 N–H and O–H groups in total. The van der Waals surface area contributed by atoms with Crippen molar-refractivity contribution >= 4 is 11.7 Å². The van der Waals surface area contributed by atoms with Crippen LogP contribution in [0.25, 0.3) is 0 Å². The summed E-state index contributed by atoms with van der Waals surface area (Å²) in [4.78, 5) is 23.3. The summed E-state index contributed by atoms with van der Waals surface area (Å²) in [7, 11) is 0. The smallest absolute Gasteiger partial charge is 0.224 e. The van der Waals surface area contributed by atoms with E-state index in [1.807, 2.05) is 0 Å². The summed E-state index contributed by atoms with van der Waals surface area (Å²) in [5.41, 5.74) is 4.89. The van der Waals surface area contributed by atoms with Gasteiger partial charge in [-0.2, -0.15) is 0 Å². The van der Waals surface area contributed by atoms with Crippen LogP contribution in [0.1, 0.15) is 32.1 Å². The number of carbonyl (C=O) groups is 2. The second-order valence-electron chi connectivity index (χ2n) is 4.62. The monoisotopic (exact) mass is 211 g/mol. The number of hydrogen-bond donors (Lipinski definition) is 1. The Hall–Kier alpha value is -0.900. The molecule has 15 heavy (non-hydrogen) atoms. The normalized spacial score (nSPS) is 30.4. The lowest BCUT2D eigenvalue weighted by Gasteiger charge is -2.37. The van der Waals surface area contributed by atoms with Crippen LogP contribution in [0.2, 0.25) is 0 Å². The molecular formula is C11H17NO3. The molecule has 1 aliphatic carbocycles. The van der Waals surface area contributed by atoms with Crippen LogP contribution >= 0.6 is 0 Å². The van der Waals surface area contributed by atoms with Gasteiger partial charge in [-0.05, 0) is 12.8 Å². The van der Waals surface area contributed by atoms with E-state index in [2.05, 4.69) is 0 Å². The minimum atomic E-state index is -0.605. The molecule has 2 rings (SSSR count). The van der Waals surface area contributed by atoms with Crippen LogP contribution in [0.5, 0.6) is 0 Å². The zero-order valence-electron chi connectivity index (χ0n) is 8.83. The lowest BCUT2D eigenvalue weighted by atomic mass is 9.64. The van der Waals surface area contributed by atoms with Gasteiger partial charge in [0, 0.05) is 0 Å². The number of carbonyl (C=O) groups excluding carboxylic acids is 2. The first-order chi connectivity index (χ1) is 7.17. The summed E-state index contributed by atoms with van der Waals surface area (Å²) >= 11 is 0. The molecular weight excluding hydrogens is 194 g/mol. The molecule has 0 bridgehead atoms. The SMILES string of the molecule is NC(=O)C1([C@H]2COCC2=O)CCCCC1. The topological polar surface area (TPSA) is 69.4 Å². The standard InChI is InChI=1S/C11H17NO3/c12-10(14)11(4-2-1-3-5-11)8-6-15-7-9(8)13/h8H,1-7H2,(H2,12,14)/t8-/m0/s1. The van der Waals surface area contributed by atoms with Gasteiger partial charge in [-0.3, -0.25) is 9.59 Å². The molecule has 2 aliphatic rings. The fourth-order valence-electron chi connectivity index (χ4n) is 2.89. The molecule has 2 fully saturated rings. The molecule has 1 heterocycles. The Morgan fingerprint density at radius 1 is 1.33 bits per heavy atom. The Labute approximate surface area is 89.2 Å². The molecule has 4 nitrogen and oxygen atoms in total. The molecule has 1 aliphatic heterocycles. The zero-order chi connectivity index (χ0) is 10.9. The summed E-state index contributed by atoms with van der Waals surface area (Å²) in [6.45, 7) is 0.529. The molecule has 1 saturated heterocycles. The number of nitrogens with two attached hydrogens (primary N) is 1. The van der Waals surface area contributed by atoms with Crippen LogP contribution in [0.15, 0.2) is 0 Å². The number of ether oxygens (including phenoxy) is 1. The van der Waals surface area contributed by atoms with Crippen LogP contribution in [0.4, 0.5) is 0 Å². The van der Waals surface area contributed by atoms with Gasteiger partial charge in [-0.25, -0.2) is 0 Å². The van der Waals surface area contributed by atoms with E-state index in [4.69, 9.17) is 10.5 Å². The minimum absolute atomic E-state index is 0.0516. The average molecular weight is 211 g/mol. The van der Waals surface area contributed by atoms with E-state index in [1.54, 1.807) is 0 Å². The number of Topliss-reactive ketones (excluding diaryl/α,β-unsaturated/α-hetero) is 1. The largest absolute Gasteiger partial charge is 0.373 e. The van der Waals surface area contributed by atoms with Crippen molar-refractivity contribution in [1.82, 2.24) is 0 Å². The highest BCUT2D eigenvalue weighted by atomic mass is 16.5. The number of primary amides is 1. The van der Waals surface area contributed by atoms with Gasteiger partial charge in [0.15, 0.2) is 5.78 Å². The Balaban J connectivity index is 2.24. The average Bonchev–Trinajstić information content (AvgIpc) is 2.66. The molecule has 4 heteroatoms. The van der Waals surface area contributed by atoms with Gasteiger partial charge in [0.25, 0.3) is 0 Å². The number of hydrogen-bond acceptors (Lipinski definition) is 3. The molecule has 1 saturated carbocycles. The Morgan fingerprint density at radius 2 is 2.00 bits per heavy atom. The van der Waals surface area contributed by atoms with E-state index in [1.165, 1.54) is 0 Å². The Kier molecular flexibility index (Phi) is 2.78.